The lowest BCUT2D eigenvalue weighted by Gasteiger charge is -2.12. The number of halogens is 2. The van der Waals surface area contributed by atoms with E-state index in [1.54, 1.807) is 18.2 Å². The van der Waals surface area contributed by atoms with Gasteiger partial charge in [-0.05, 0) is 37.3 Å². The van der Waals surface area contributed by atoms with E-state index < -0.39 is 0 Å². The first-order chi connectivity index (χ1) is 10.5. The molecule has 0 spiro atoms. The van der Waals surface area contributed by atoms with Gasteiger partial charge in [0, 0.05) is 9.86 Å². The molecule has 0 fully saturated rings. The van der Waals surface area contributed by atoms with E-state index in [0.29, 0.717) is 16.3 Å². The molecule has 1 heterocycles. The van der Waals surface area contributed by atoms with Crippen LogP contribution in [0.25, 0.3) is 11.0 Å². The third-order valence-electron chi connectivity index (χ3n) is 3.39. The van der Waals surface area contributed by atoms with Crippen molar-refractivity contribution in [1.82, 2.24) is 5.32 Å². The fourth-order valence-electron chi connectivity index (χ4n) is 2.23. The number of rotatable bonds is 3. The van der Waals surface area contributed by atoms with Crippen LogP contribution in [-0.4, -0.2) is 5.91 Å². The second-order valence-corrected chi connectivity index (χ2v) is 6.33. The predicted octanol–water partition coefficient (Wildman–Crippen LogP) is 5.34. The van der Waals surface area contributed by atoms with E-state index in [9.17, 15) is 4.79 Å². The average molecular weight is 379 g/mol. The molecule has 1 N–H and O–H groups in total. The van der Waals surface area contributed by atoms with Crippen molar-refractivity contribution in [1.29, 1.82) is 0 Å². The Morgan fingerprint density at radius 1 is 1.23 bits per heavy atom. The van der Waals surface area contributed by atoms with Gasteiger partial charge in [-0.15, -0.1) is 0 Å². The molecule has 3 rings (SSSR count). The van der Waals surface area contributed by atoms with Gasteiger partial charge in [0.15, 0.2) is 0 Å². The Morgan fingerprint density at radius 2 is 2.00 bits per heavy atom. The second-order valence-electron chi connectivity index (χ2n) is 5.01. The average Bonchev–Trinajstić information content (AvgIpc) is 2.93. The van der Waals surface area contributed by atoms with Gasteiger partial charge >= 0.3 is 0 Å². The summed E-state index contributed by atoms with van der Waals surface area (Å²) in [6, 6.07) is 14.6. The first kappa shape index (κ1) is 15.1. The van der Waals surface area contributed by atoms with Gasteiger partial charge in [-0.2, -0.15) is 0 Å². The van der Waals surface area contributed by atoms with Gasteiger partial charge in [0.05, 0.1) is 16.6 Å². The van der Waals surface area contributed by atoms with E-state index in [1.807, 2.05) is 37.3 Å². The lowest BCUT2D eigenvalue weighted by Crippen LogP contribution is -2.26. The van der Waals surface area contributed by atoms with Crippen LogP contribution in [0, 0.1) is 0 Å². The molecule has 2 aromatic carbocycles. The van der Waals surface area contributed by atoms with Crippen LogP contribution in [0.1, 0.15) is 29.1 Å². The summed E-state index contributed by atoms with van der Waals surface area (Å²) in [5.74, 6) is 0.472. The van der Waals surface area contributed by atoms with Crippen LogP contribution in [0.15, 0.2) is 57.4 Å². The van der Waals surface area contributed by atoms with Crippen molar-refractivity contribution >= 4 is 44.4 Å². The zero-order chi connectivity index (χ0) is 15.7. The standard InChI is InChI=1S/C17H13BrClNO2/c1-10(16-8-11-4-2-3-5-15(11)22-16)20-17(21)13-9-12(18)6-7-14(13)19/h2-10H,1H3,(H,20,21)/t10-/m0/s1. The molecule has 0 aliphatic carbocycles. The van der Waals surface area contributed by atoms with Crippen molar-refractivity contribution in [2.24, 2.45) is 0 Å². The molecular weight excluding hydrogens is 366 g/mol. The molecule has 22 heavy (non-hydrogen) atoms. The molecule has 112 valence electrons. The Hall–Kier alpha value is -1.78. The summed E-state index contributed by atoms with van der Waals surface area (Å²) >= 11 is 9.42. The van der Waals surface area contributed by atoms with Gasteiger partial charge in [0.2, 0.25) is 0 Å². The minimum absolute atomic E-state index is 0.237. The Labute approximate surface area is 141 Å². The Balaban J connectivity index is 1.82. The molecule has 0 aliphatic rings. The fraction of sp³-hybridized carbons (Fsp3) is 0.118. The monoisotopic (exact) mass is 377 g/mol. The molecule has 1 amide bonds. The van der Waals surface area contributed by atoms with Crippen LogP contribution >= 0.6 is 27.5 Å². The van der Waals surface area contributed by atoms with Crippen LogP contribution < -0.4 is 5.32 Å². The molecule has 0 unspecified atom stereocenters. The predicted molar refractivity (Wildman–Crippen MR) is 91.2 cm³/mol. The summed E-state index contributed by atoms with van der Waals surface area (Å²) in [6.07, 6.45) is 0. The van der Waals surface area contributed by atoms with E-state index in [2.05, 4.69) is 21.2 Å². The highest BCUT2D eigenvalue weighted by molar-refractivity contribution is 9.10. The minimum Gasteiger partial charge on any atom is -0.459 e. The molecule has 0 radical (unpaired) electrons. The number of hydrogen-bond donors (Lipinski definition) is 1. The van der Waals surface area contributed by atoms with Gasteiger partial charge in [0.25, 0.3) is 5.91 Å². The number of hydrogen-bond acceptors (Lipinski definition) is 2. The quantitative estimate of drug-likeness (QED) is 0.668. The number of furan rings is 1. The molecule has 1 atom stereocenters. The first-order valence-corrected chi connectivity index (χ1v) is 7.96. The van der Waals surface area contributed by atoms with E-state index in [1.165, 1.54) is 0 Å². The van der Waals surface area contributed by atoms with Crippen molar-refractivity contribution in [3.05, 3.63) is 69.3 Å². The fourth-order valence-corrected chi connectivity index (χ4v) is 2.80. The number of nitrogens with one attached hydrogen (secondary N) is 1. The first-order valence-electron chi connectivity index (χ1n) is 6.79. The lowest BCUT2D eigenvalue weighted by atomic mass is 10.1. The molecule has 0 saturated carbocycles. The van der Waals surface area contributed by atoms with Crippen LogP contribution in [0.3, 0.4) is 0 Å². The van der Waals surface area contributed by atoms with Crippen molar-refractivity contribution in [2.75, 3.05) is 0 Å². The summed E-state index contributed by atoms with van der Waals surface area (Å²) in [5, 5.41) is 4.33. The van der Waals surface area contributed by atoms with Crippen molar-refractivity contribution in [3.8, 4) is 0 Å². The summed E-state index contributed by atoms with van der Waals surface area (Å²) in [6.45, 7) is 1.88. The number of carbonyl (C=O) groups excluding carboxylic acids is 1. The van der Waals surface area contributed by atoms with Crippen molar-refractivity contribution < 1.29 is 9.21 Å². The molecule has 3 nitrogen and oxygen atoms in total. The van der Waals surface area contributed by atoms with Crippen LogP contribution in [0.2, 0.25) is 5.02 Å². The Bertz CT molecular complexity index is 811. The van der Waals surface area contributed by atoms with Crippen molar-refractivity contribution in [2.45, 2.75) is 13.0 Å². The molecule has 1 aromatic heterocycles. The Morgan fingerprint density at radius 3 is 2.77 bits per heavy atom. The lowest BCUT2D eigenvalue weighted by molar-refractivity contribution is 0.0936. The van der Waals surface area contributed by atoms with E-state index in [4.69, 9.17) is 16.0 Å². The van der Waals surface area contributed by atoms with E-state index >= 15 is 0 Å². The molecule has 3 aromatic rings. The number of amides is 1. The summed E-state index contributed by atoms with van der Waals surface area (Å²) in [7, 11) is 0. The number of carbonyl (C=O) groups is 1. The maximum atomic E-state index is 12.4. The van der Waals surface area contributed by atoms with Gasteiger partial charge in [-0.3, -0.25) is 4.79 Å². The largest absolute Gasteiger partial charge is 0.459 e. The molecule has 0 saturated heterocycles. The maximum absolute atomic E-state index is 12.4. The SMILES string of the molecule is C[C@H](NC(=O)c1cc(Br)ccc1Cl)c1cc2ccccc2o1. The topological polar surface area (TPSA) is 42.2 Å². The third-order valence-corrected chi connectivity index (χ3v) is 4.21. The van der Waals surface area contributed by atoms with Gasteiger partial charge < -0.3 is 9.73 Å². The second kappa shape index (κ2) is 6.15. The number of para-hydroxylation sites is 1. The van der Waals surface area contributed by atoms with E-state index in [0.717, 1.165) is 15.4 Å². The zero-order valence-corrected chi connectivity index (χ0v) is 14.1. The smallest absolute Gasteiger partial charge is 0.253 e. The molecule has 5 heteroatoms. The summed E-state index contributed by atoms with van der Waals surface area (Å²) in [4.78, 5) is 12.4. The maximum Gasteiger partial charge on any atom is 0.253 e. The van der Waals surface area contributed by atoms with Gasteiger partial charge in [-0.1, -0.05) is 45.7 Å². The summed E-state index contributed by atoms with van der Waals surface area (Å²) < 4.78 is 6.57. The number of fused-ring (bicyclic) bond motifs is 1. The highest BCUT2D eigenvalue weighted by Crippen LogP contribution is 2.25. The van der Waals surface area contributed by atoms with Gasteiger partial charge in [-0.25, -0.2) is 0 Å². The van der Waals surface area contributed by atoms with Gasteiger partial charge in [0.1, 0.15) is 11.3 Å². The number of benzene rings is 2. The summed E-state index contributed by atoms with van der Waals surface area (Å²) in [5.41, 5.74) is 1.23. The highest BCUT2D eigenvalue weighted by atomic mass is 79.9. The van der Waals surface area contributed by atoms with Crippen LogP contribution in [0.4, 0.5) is 0 Å². The van der Waals surface area contributed by atoms with Crippen LogP contribution in [0.5, 0.6) is 0 Å². The van der Waals surface area contributed by atoms with E-state index in [-0.39, 0.29) is 11.9 Å². The zero-order valence-electron chi connectivity index (χ0n) is 11.8. The van der Waals surface area contributed by atoms with Crippen molar-refractivity contribution in [3.63, 3.8) is 0 Å². The third kappa shape index (κ3) is 3.03. The van der Waals surface area contributed by atoms with Crippen LogP contribution in [-0.2, 0) is 0 Å². The molecule has 0 aliphatic heterocycles. The molecular formula is C17H13BrClNO2. The highest BCUT2D eigenvalue weighted by Gasteiger charge is 2.17. The Kier molecular flexibility index (Phi) is 4.23. The normalized spacial score (nSPS) is 12.3. The molecule has 0 bridgehead atoms. The minimum atomic E-state index is -0.255.